The lowest BCUT2D eigenvalue weighted by Gasteiger charge is -2.24. The van der Waals surface area contributed by atoms with E-state index in [1.807, 2.05) is 24.3 Å². The number of pyridine rings is 1. The molecule has 0 bridgehead atoms. The first-order valence-corrected chi connectivity index (χ1v) is 17.1. The second-order valence-corrected chi connectivity index (χ2v) is 13.6. The van der Waals surface area contributed by atoms with Crippen molar-refractivity contribution >= 4 is 38.4 Å². The Morgan fingerprint density at radius 1 is 0.915 bits per heavy atom. The summed E-state index contributed by atoms with van der Waals surface area (Å²) in [6, 6.07) is 25.7. The number of nitrogens with zero attached hydrogens (tertiary/aromatic N) is 2. The second-order valence-electron chi connectivity index (χ2n) is 12.6. The minimum atomic E-state index is -4.39. The Morgan fingerprint density at radius 2 is 1.66 bits per heavy atom. The molecule has 0 unspecified atom stereocenters. The van der Waals surface area contributed by atoms with Gasteiger partial charge in [0.05, 0.1) is 32.7 Å². The van der Waals surface area contributed by atoms with Crippen LogP contribution in [0.4, 0.5) is 13.2 Å². The van der Waals surface area contributed by atoms with Crippen molar-refractivity contribution in [3.8, 4) is 22.5 Å². The Morgan fingerprint density at radius 3 is 2.38 bits per heavy atom. The molecule has 3 heterocycles. The molecule has 1 N–H and O–H groups in total. The molecule has 8 heteroatoms. The number of thiophene rings is 1. The minimum Gasteiger partial charge on any atom is -0.477 e. The van der Waals surface area contributed by atoms with Gasteiger partial charge in [-0.3, -0.25) is 0 Å². The van der Waals surface area contributed by atoms with Crippen LogP contribution >= 0.6 is 11.3 Å². The zero-order valence-electron chi connectivity index (χ0n) is 26.1. The normalized spacial score (nSPS) is 14.3. The first-order valence-electron chi connectivity index (χ1n) is 16.3. The van der Waals surface area contributed by atoms with Crippen LogP contribution in [0.5, 0.6) is 0 Å². The number of aryl methyl sites for hydroxylation is 1. The van der Waals surface area contributed by atoms with Crippen molar-refractivity contribution in [2.75, 3.05) is 0 Å². The molecule has 0 saturated heterocycles. The number of halogens is 3. The zero-order valence-corrected chi connectivity index (χ0v) is 26.9. The molecule has 0 spiro atoms. The van der Waals surface area contributed by atoms with Crippen molar-refractivity contribution in [3.63, 3.8) is 0 Å². The minimum absolute atomic E-state index is 0.338. The van der Waals surface area contributed by atoms with Crippen LogP contribution in [-0.4, -0.2) is 20.6 Å². The number of aromatic nitrogens is 2. The second kappa shape index (κ2) is 12.6. The number of hydrogen-bond donors (Lipinski definition) is 1. The molecule has 1 aliphatic rings. The summed E-state index contributed by atoms with van der Waals surface area (Å²) in [7, 11) is 0. The highest BCUT2D eigenvalue weighted by Crippen LogP contribution is 2.47. The lowest BCUT2D eigenvalue weighted by Crippen LogP contribution is -2.08. The van der Waals surface area contributed by atoms with Crippen LogP contribution < -0.4 is 0 Å². The van der Waals surface area contributed by atoms with Crippen LogP contribution in [0.3, 0.4) is 0 Å². The van der Waals surface area contributed by atoms with Gasteiger partial charge in [-0.1, -0.05) is 81.1 Å². The van der Waals surface area contributed by atoms with E-state index in [9.17, 15) is 23.1 Å². The van der Waals surface area contributed by atoms with Gasteiger partial charge in [-0.25, -0.2) is 9.78 Å². The predicted molar refractivity (Wildman–Crippen MR) is 183 cm³/mol. The molecule has 0 atom stereocenters. The first-order chi connectivity index (χ1) is 22.7. The third-order valence-electron chi connectivity index (χ3n) is 9.34. The lowest BCUT2D eigenvalue weighted by molar-refractivity contribution is -0.137. The van der Waals surface area contributed by atoms with Gasteiger partial charge in [0.15, 0.2) is 0 Å². The number of benzene rings is 3. The molecule has 1 saturated carbocycles. The fourth-order valence-electron chi connectivity index (χ4n) is 7.12. The average Bonchev–Trinajstić information content (AvgIpc) is 3.63. The molecule has 240 valence electrons. The molecule has 7 rings (SSSR count). The Balaban J connectivity index is 1.37. The summed E-state index contributed by atoms with van der Waals surface area (Å²) in [4.78, 5) is 17.3. The molecule has 1 fully saturated rings. The van der Waals surface area contributed by atoms with Crippen LogP contribution in [-0.2, 0) is 19.1 Å². The molecule has 3 aromatic heterocycles. The van der Waals surface area contributed by atoms with E-state index in [1.54, 1.807) is 0 Å². The van der Waals surface area contributed by atoms with E-state index in [1.165, 1.54) is 46.6 Å². The SMILES string of the molecule is CCCc1cccc(Cn2c(-c3ccc4nc(-c5ccc(C(F)(F)F)cc5)ccc4c3)c(C3CCCCC3)c3sc(C(=O)O)cc32)c1. The summed E-state index contributed by atoms with van der Waals surface area (Å²) >= 11 is 1.38. The van der Waals surface area contributed by atoms with E-state index < -0.39 is 17.7 Å². The molecule has 47 heavy (non-hydrogen) atoms. The van der Waals surface area contributed by atoms with Gasteiger partial charge < -0.3 is 9.67 Å². The first kappa shape index (κ1) is 31.2. The van der Waals surface area contributed by atoms with E-state index in [0.29, 0.717) is 28.6 Å². The third-order valence-corrected chi connectivity index (χ3v) is 10.5. The maximum Gasteiger partial charge on any atom is 0.416 e. The van der Waals surface area contributed by atoms with Gasteiger partial charge in [0.1, 0.15) is 4.88 Å². The van der Waals surface area contributed by atoms with Crippen molar-refractivity contribution in [3.05, 3.63) is 112 Å². The van der Waals surface area contributed by atoms with Crippen molar-refractivity contribution in [1.82, 2.24) is 9.55 Å². The monoisotopic (exact) mass is 652 g/mol. The number of aromatic carboxylic acids is 1. The summed E-state index contributed by atoms with van der Waals surface area (Å²) in [6.07, 6.45) is 3.35. The Kier molecular flexibility index (Phi) is 8.39. The van der Waals surface area contributed by atoms with Gasteiger partial charge in [0.2, 0.25) is 0 Å². The lowest BCUT2D eigenvalue weighted by atomic mass is 9.83. The summed E-state index contributed by atoms with van der Waals surface area (Å²) in [5.41, 5.74) is 8.15. The molecule has 1 aliphatic carbocycles. The summed E-state index contributed by atoms with van der Waals surface area (Å²) in [6.45, 7) is 2.80. The number of carboxylic acid groups (broad SMARTS) is 1. The topological polar surface area (TPSA) is 55.1 Å². The van der Waals surface area contributed by atoms with Crippen LogP contribution in [0.1, 0.15) is 83.3 Å². The standard InChI is InChI=1S/C39H35F3N2O2S/c1-2-7-24-8-6-9-25(20-24)23-44-33-22-34(38(45)46)47-37(33)35(27-10-4-3-5-11-27)36(44)29-15-19-32-28(21-29)14-18-31(43-32)26-12-16-30(17-13-26)39(40,41)42/h6,8-9,12-22,27H,2-5,7,10-11,23H2,1H3,(H,45,46). The van der Waals surface area contributed by atoms with Gasteiger partial charge in [-0.05, 0) is 83.8 Å². The fourth-order valence-corrected chi connectivity index (χ4v) is 8.24. The van der Waals surface area contributed by atoms with Crippen LogP contribution in [0.15, 0.2) is 84.9 Å². The molecule has 0 radical (unpaired) electrons. The fraction of sp³-hybridized carbons (Fsp3) is 0.282. The van der Waals surface area contributed by atoms with Crippen LogP contribution in [0.2, 0.25) is 0 Å². The number of alkyl halides is 3. The Labute approximate surface area is 275 Å². The van der Waals surface area contributed by atoms with Crippen LogP contribution in [0, 0.1) is 0 Å². The van der Waals surface area contributed by atoms with Gasteiger partial charge >= 0.3 is 12.1 Å². The number of rotatable bonds is 8. The smallest absolute Gasteiger partial charge is 0.416 e. The van der Waals surface area contributed by atoms with Crippen LogP contribution in [0.25, 0.3) is 43.6 Å². The molecule has 0 aliphatic heterocycles. The van der Waals surface area contributed by atoms with Crippen molar-refractivity contribution in [2.24, 2.45) is 0 Å². The average molecular weight is 653 g/mol. The van der Waals surface area contributed by atoms with E-state index in [4.69, 9.17) is 4.98 Å². The number of fused-ring (bicyclic) bond motifs is 2. The van der Waals surface area contributed by atoms with E-state index in [-0.39, 0.29) is 0 Å². The highest BCUT2D eigenvalue weighted by molar-refractivity contribution is 7.21. The molecule has 4 nitrogen and oxygen atoms in total. The van der Waals surface area contributed by atoms with E-state index >= 15 is 0 Å². The van der Waals surface area contributed by atoms with E-state index in [2.05, 4.69) is 47.9 Å². The zero-order chi connectivity index (χ0) is 32.7. The number of hydrogen-bond acceptors (Lipinski definition) is 3. The maximum absolute atomic E-state index is 13.1. The predicted octanol–water partition coefficient (Wildman–Crippen LogP) is 11.4. The van der Waals surface area contributed by atoms with Crippen molar-refractivity contribution < 1.29 is 23.1 Å². The van der Waals surface area contributed by atoms with Crippen molar-refractivity contribution in [2.45, 2.75) is 70.5 Å². The van der Waals surface area contributed by atoms with Gasteiger partial charge in [-0.15, -0.1) is 11.3 Å². The van der Waals surface area contributed by atoms with Gasteiger partial charge in [0, 0.05) is 17.5 Å². The van der Waals surface area contributed by atoms with E-state index in [0.717, 1.165) is 83.0 Å². The van der Waals surface area contributed by atoms with Gasteiger partial charge in [0.25, 0.3) is 0 Å². The maximum atomic E-state index is 13.1. The Hall–Kier alpha value is -4.43. The number of carbonyl (C=O) groups is 1. The van der Waals surface area contributed by atoms with Crippen molar-refractivity contribution in [1.29, 1.82) is 0 Å². The molecule has 6 aromatic rings. The molecule has 0 amide bonds. The molecular formula is C39H35F3N2O2S. The highest BCUT2D eigenvalue weighted by atomic mass is 32.1. The summed E-state index contributed by atoms with van der Waals surface area (Å²) in [5.74, 6) is -0.565. The molecular weight excluding hydrogens is 618 g/mol. The summed E-state index contributed by atoms with van der Waals surface area (Å²) in [5, 5.41) is 10.9. The highest BCUT2D eigenvalue weighted by Gasteiger charge is 2.31. The third kappa shape index (κ3) is 6.19. The number of carboxylic acids is 1. The Bertz CT molecular complexity index is 2090. The molecule has 3 aromatic carbocycles. The summed E-state index contributed by atoms with van der Waals surface area (Å²) < 4.78 is 42.7. The van der Waals surface area contributed by atoms with Gasteiger partial charge in [-0.2, -0.15) is 13.2 Å². The largest absolute Gasteiger partial charge is 0.477 e. The quantitative estimate of drug-likeness (QED) is 0.178.